The van der Waals surface area contributed by atoms with Gasteiger partial charge in [0, 0.05) is 18.0 Å². The van der Waals surface area contributed by atoms with Crippen molar-refractivity contribution in [1.29, 1.82) is 0 Å². The fourth-order valence-corrected chi connectivity index (χ4v) is 3.46. The molecule has 100 valence electrons. The topological polar surface area (TPSA) is 72.1 Å². The summed E-state index contributed by atoms with van der Waals surface area (Å²) in [4.78, 5) is 24.5. The van der Waals surface area contributed by atoms with E-state index in [1.165, 1.54) is 4.88 Å². The number of nitrogens with zero attached hydrogens (tertiary/aromatic N) is 3. The van der Waals surface area contributed by atoms with Crippen LogP contribution in [0, 0.1) is 12.8 Å². The van der Waals surface area contributed by atoms with Crippen molar-refractivity contribution in [2.24, 2.45) is 11.7 Å². The number of hydrogen-bond donors (Lipinski definition) is 1. The summed E-state index contributed by atoms with van der Waals surface area (Å²) >= 11 is 1.67. The molecule has 0 saturated carbocycles. The average Bonchev–Trinajstić information content (AvgIpc) is 2.78. The minimum atomic E-state index is -0.212. The molecule has 2 aromatic rings. The van der Waals surface area contributed by atoms with Crippen LogP contribution in [-0.2, 0) is 4.79 Å². The number of amides is 1. The summed E-state index contributed by atoms with van der Waals surface area (Å²) in [5.74, 6) is 0.648. The summed E-state index contributed by atoms with van der Waals surface area (Å²) < 4.78 is 0. The molecule has 19 heavy (non-hydrogen) atoms. The molecule has 1 atom stereocenters. The second-order valence-corrected chi connectivity index (χ2v) is 6.20. The SMILES string of the molecule is Cc1cc2c(N3CCCC(C(N)=O)C3)ncnc2s1. The first kappa shape index (κ1) is 12.3. The Hall–Kier alpha value is -1.69. The number of carbonyl (C=O) groups excluding carboxylic acids is 1. The molecule has 3 heterocycles. The van der Waals surface area contributed by atoms with Gasteiger partial charge in [0.2, 0.25) is 5.91 Å². The molecular weight excluding hydrogens is 260 g/mol. The first-order valence-corrected chi connectivity index (χ1v) is 7.22. The Morgan fingerprint density at radius 1 is 1.53 bits per heavy atom. The zero-order chi connectivity index (χ0) is 13.4. The second kappa shape index (κ2) is 4.77. The maximum Gasteiger partial charge on any atom is 0.222 e. The number of primary amides is 1. The third-order valence-electron chi connectivity index (χ3n) is 3.55. The lowest BCUT2D eigenvalue weighted by molar-refractivity contribution is -0.122. The fourth-order valence-electron chi connectivity index (χ4n) is 2.62. The Labute approximate surface area is 115 Å². The molecule has 1 saturated heterocycles. The highest BCUT2D eigenvalue weighted by molar-refractivity contribution is 7.18. The minimum absolute atomic E-state index is 0.0708. The molecule has 2 N–H and O–H groups in total. The highest BCUT2D eigenvalue weighted by Crippen LogP contribution is 2.31. The number of aryl methyl sites for hydroxylation is 1. The van der Waals surface area contributed by atoms with E-state index >= 15 is 0 Å². The van der Waals surface area contributed by atoms with Gasteiger partial charge in [-0.2, -0.15) is 0 Å². The van der Waals surface area contributed by atoms with Crippen molar-refractivity contribution >= 4 is 33.3 Å². The van der Waals surface area contributed by atoms with E-state index in [1.807, 2.05) is 0 Å². The molecule has 1 aliphatic rings. The Balaban J connectivity index is 1.97. The van der Waals surface area contributed by atoms with E-state index in [-0.39, 0.29) is 11.8 Å². The first-order valence-electron chi connectivity index (χ1n) is 6.40. The molecule has 0 bridgehead atoms. The van der Waals surface area contributed by atoms with Crippen molar-refractivity contribution in [2.75, 3.05) is 18.0 Å². The number of thiophene rings is 1. The fraction of sp³-hybridized carbons (Fsp3) is 0.462. The summed E-state index contributed by atoms with van der Waals surface area (Å²) in [5.41, 5.74) is 5.43. The van der Waals surface area contributed by atoms with E-state index in [0.717, 1.165) is 35.4 Å². The van der Waals surface area contributed by atoms with Gasteiger partial charge in [-0.25, -0.2) is 9.97 Å². The van der Waals surface area contributed by atoms with E-state index in [2.05, 4.69) is 27.9 Å². The average molecular weight is 276 g/mol. The molecule has 0 radical (unpaired) electrons. The number of hydrogen-bond acceptors (Lipinski definition) is 5. The van der Waals surface area contributed by atoms with Crippen molar-refractivity contribution in [3.8, 4) is 0 Å². The van der Waals surface area contributed by atoms with Crippen LogP contribution in [0.25, 0.3) is 10.2 Å². The van der Waals surface area contributed by atoms with Crippen LogP contribution in [0.3, 0.4) is 0 Å². The largest absolute Gasteiger partial charge is 0.369 e. The third kappa shape index (κ3) is 2.28. The normalized spacial score (nSPS) is 19.8. The number of aromatic nitrogens is 2. The van der Waals surface area contributed by atoms with Gasteiger partial charge in [-0.15, -0.1) is 11.3 Å². The predicted molar refractivity (Wildman–Crippen MR) is 76.3 cm³/mol. The summed E-state index contributed by atoms with van der Waals surface area (Å²) in [6.07, 6.45) is 3.45. The van der Waals surface area contributed by atoms with E-state index in [9.17, 15) is 4.79 Å². The van der Waals surface area contributed by atoms with E-state index in [1.54, 1.807) is 17.7 Å². The van der Waals surface area contributed by atoms with Gasteiger partial charge in [-0.1, -0.05) is 0 Å². The van der Waals surface area contributed by atoms with Gasteiger partial charge in [0.25, 0.3) is 0 Å². The summed E-state index contributed by atoms with van der Waals surface area (Å²) in [7, 11) is 0. The van der Waals surface area contributed by atoms with Crippen LogP contribution in [0.5, 0.6) is 0 Å². The van der Waals surface area contributed by atoms with Gasteiger partial charge < -0.3 is 10.6 Å². The molecule has 5 nitrogen and oxygen atoms in total. The molecule has 0 spiro atoms. The Bertz CT molecular complexity index is 624. The standard InChI is InChI=1S/C13H16N4OS/c1-8-5-10-12(15-7-16-13(10)19-8)17-4-2-3-9(6-17)11(14)18/h5,7,9H,2-4,6H2,1H3,(H2,14,18). The maximum atomic E-state index is 11.4. The zero-order valence-electron chi connectivity index (χ0n) is 10.8. The molecule has 1 amide bonds. The summed E-state index contributed by atoms with van der Waals surface area (Å²) in [5, 5.41) is 1.08. The molecule has 6 heteroatoms. The highest BCUT2D eigenvalue weighted by Gasteiger charge is 2.26. The van der Waals surface area contributed by atoms with Crippen LogP contribution >= 0.6 is 11.3 Å². The van der Waals surface area contributed by atoms with Crippen LogP contribution in [-0.4, -0.2) is 29.0 Å². The van der Waals surface area contributed by atoms with Gasteiger partial charge >= 0.3 is 0 Å². The lowest BCUT2D eigenvalue weighted by Crippen LogP contribution is -2.41. The van der Waals surface area contributed by atoms with Crippen LogP contribution in [0.4, 0.5) is 5.82 Å². The lowest BCUT2D eigenvalue weighted by Gasteiger charge is -2.32. The minimum Gasteiger partial charge on any atom is -0.369 e. The second-order valence-electron chi connectivity index (χ2n) is 4.96. The van der Waals surface area contributed by atoms with Crippen molar-refractivity contribution in [3.63, 3.8) is 0 Å². The van der Waals surface area contributed by atoms with Crippen LogP contribution < -0.4 is 10.6 Å². The Morgan fingerprint density at radius 3 is 3.16 bits per heavy atom. The molecule has 3 rings (SSSR count). The maximum absolute atomic E-state index is 11.4. The third-order valence-corrected chi connectivity index (χ3v) is 4.51. The number of carbonyl (C=O) groups is 1. The summed E-state index contributed by atoms with van der Waals surface area (Å²) in [6.45, 7) is 3.65. The lowest BCUT2D eigenvalue weighted by atomic mass is 9.97. The van der Waals surface area contributed by atoms with Crippen molar-refractivity contribution < 1.29 is 4.79 Å². The number of anilines is 1. The van der Waals surface area contributed by atoms with E-state index < -0.39 is 0 Å². The smallest absolute Gasteiger partial charge is 0.222 e. The van der Waals surface area contributed by atoms with Gasteiger partial charge in [0.15, 0.2) is 0 Å². The van der Waals surface area contributed by atoms with Gasteiger partial charge in [-0.05, 0) is 25.8 Å². The number of piperidine rings is 1. The van der Waals surface area contributed by atoms with Crippen molar-refractivity contribution in [3.05, 3.63) is 17.3 Å². The molecule has 1 unspecified atom stereocenters. The van der Waals surface area contributed by atoms with Crippen LogP contribution in [0.2, 0.25) is 0 Å². The van der Waals surface area contributed by atoms with Crippen molar-refractivity contribution in [1.82, 2.24) is 9.97 Å². The molecule has 1 aliphatic heterocycles. The van der Waals surface area contributed by atoms with E-state index in [0.29, 0.717) is 6.54 Å². The highest BCUT2D eigenvalue weighted by atomic mass is 32.1. The number of rotatable bonds is 2. The molecule has 0 aliphatic carbocycles. The monoisotopic (exact) mass is 276 g/mol. The van der Waals surface area contributed by atoms with Crippen LogP contribution in [0.15, 0.2) is 12.4 Å². The summed E-state index contributed by atoms with van der Waals surface area (Å²) in [6, 6.07) is 2.11. The number of fused-ring (bicyclic) bond motifs is 1. The Kier molecular flexibility index (Phi) is 3.10. The molecule has 1 fully saturated rings. The quantitative estimate of drug-likeness (QED) is 0.906. The van der Waals surface area contributed by atoms with E-state index in [4.69, 9.17) is 5.73 Å². The molecule has 0 aromatic carbocycles. The van der Waals surface area contributed by atoms with Crippen LogP contribution in [0.1, 0.15) is 17.7 Å². The van der Waals surface area contributed by atoms with Crippen molar-refractivity contribution in [2.45, 2.75) is 19.8 Å². The zero-order valence-corrected chi connectivity index (χ0v) is 11.6. The molecular formula is C13H16N4OS. The number of nitrogens with two attached hydrogens (primary N) is 1. The van der Waals surface area contributed by atoms with Gasteiger partial charge in [0.1, 0.15) is 17.0 Å². The predicted octanol–water partition coefficient (Wildman–Crippen LogP) is 1.70. The first-order chi connectivity index (χ1) is 9.15. The van der Waals surface area contributed by atoms with Gasteiger partial charge in [0.05, 0.1) is 11.3 Å². The Morgan fingerprint density at radius 2 is 2.37 bits per heavy atom. The van der Waals surface area contributed by atoms with Gasteiger partial charge in [-0.3, -0.25) is 4.79 Å². The molecule has 2 aromatic heterocycles.